The van der Waals surface area contributed by atoms with Gasteiger partial charge in [0.25, 0.3) is 0 Å². The summed E-state index contributed by atoms with van der Waals surface area (Å²) in [5.74, 6) is -1.14. The molecule has 4 nitrogen and oxygen atoms in total. The first-order valence-corrected chi connectivity index (χ1v) is 7.64. The van der Waals surface area contributed by atoms with Gasteiger partial charge in [0, 0.05) is 19.9 Å². The quantitative estimate of drug-likeness (QED) is 0.855. The van der Waals surface area contributed by atoms with E-state index < -0.39 is 12.0 Å². The Kier molecular flexibility index (Phi) is 5.92. The zero-order valence-corrected chi connectivity index (χ0v) is 13.2. The highest BCUT2D eigenvalue weighted by molar-refractivity contribution is 5.83. The van der Waals surface area contributed by atoms with Gasteiger partial charge >= 0.3 is 5.97 Å². The van der Waals surface area contributed by atoms with Gasteiger partial charge in [-0.2, -0.15) is 0 Å². The highest BCUT2D eigenvalue weighted by Crippen LogP contribution is 2.11. The minimum atomic E-state index is -0.982. The predicted molar refractivity (Wildman–Crippen MR) is 89.1 cm³/mol. The molecule has 0 aliphatic rings. The summed E-state index contributed by atoms with van der Waals surface area (Å²) in [6.07, 6.45) is 1.23. The molecule has 0 aliphatic heterocycles. The van der Waals surface area contributed by atoms with Crippen LogP contribution in [0, 0.1) is 0 Å². The summed E-state index contributed by atoms with van der Waals surface area (Å²) in [5, 5.41) is 9.45. The fourth-order valence-corrected chi connectivity index (χ4v) is 2.47. The van der Waals surface area contributed by atoms with Gasteiger partial charge in [-0.15, -0.1) is 0 Å². The van der Waals surface area contributed by atoms with Crippen LogP contribution in [-0.4, -0.2) is 35.0 Å². The van der Waals surface area contributed by atoms with Crippen LogP contribution in [0.2, 0.25) is 0 Å². The number of hydrogen-bond acceptors (Lipinski definition) is 2. The number of carbonyl (C=O) groups excluding carboxylic acids is 1. The Morgan fingerprint density at radius 3 is 2.00 bits per heavy atom. The topological polar surface area (TPSA) is 57.6 Å². The number of rotatable bonds is 7. The lowest BCUT2D eigenvalue weighted by molar-refractivity contribution is -0.149. The highest BCUT2D eigenvalue weighted by atomic mass is 16.4. The van der Waals surface area contributed by atoms with Crippen molar-refractivity contribution in [2.24, 2.45) is 0 Å². The third kappa shape index (κ3) is 4.95. The molecule has 0 radical (unpaired) electrons. The van der Waals surface area contributed by atoms with Crippen LogP contribution in [0.4, 0.5) is 0 Å². The molecule has 23 heavy (non-hydrogen) atoms. The van der Waals surface area contributed by atoms with Crippen molar-refractivity contribution in [3.63, 3.8) is 0 Å². The summed E-state index contributed by atoms with van der Waals surface area (Å²) in [6.45, 7) is 0. The zero-order valence-electron chi connectivity index (χ0n) is 13.2. The number of carboxylic acid groups (broad SMARTS) is 1. The maximum absolute atomic E-state index is 12.3. The van der Waals surface area contributed by atoms with Gasteiger partial charge in [0.05, 0.1) is 0 Å². The van der Waals surface area contributed by atoms with Crippen LogP contribution in [-0.2, 0) is 22.4 Å². The van der Waals surface area contributed by atoms with Crippen LogP contribution in [0.5, 0.6) is 0 Å². The standard InChI is InChI=1S/C19H21NO3/c1-20(18(21)13-12-15-8-4-2-5-9-15)17(19(22)23)14-16-10-6-3-7-11-16/h2-11,17H,12-14H2,1H3,(H,22,23)/t17-/m0/s1. The van der Waals surface area contributed by atoms with Gasteiger partial charge in [-0.25, -0.2) is 4.79 Å². The number of benzene rings is 2. The third-order valence-corrected chi connectivity index (χ3v) is 3.89. The van der Waals surface area contributed by atoms with E-state index in [1.165, 1.54) is 4.90 Å². The molecule has 0 heterocycles. The van der Waals surface area contributed by atoms with Crippen LogP contribution >= 0.6 is 0 Å². The van der Waals surface area contributed by atoms with Gasteiger partial charge < -0.3 is 10.0 Å². The normalized spacial score (nSPS) is 11.7. The Bertz CT molecular complexity index is 640. The van der Waals surface area contributed by atoms with Gasteiger partial charge in [0.1, 0.15) is 6.04 Å². The van der Waals surface area contributed by atoms with Crippen molar-refractivity contribution in [2.75, 3.05) is 7.05 Å². The second-order valence-electron chi connectivity index (χ2n) is 5.53. The van der Waals surface area contributed by atoms with Crippen LogP contribution < -0.4 is 0 Å². The van der Waals surface area contributed by atoms with Gasteiger partial charge in [-0.05, 0) is 17.5 Å². The van der Waals surface area contributed by atoms with Crippen molar-refractivity contribution in [3.05, 3.63) is 71.8 Å². The molecule has 4 heteroatoms. The van der Waals surface area contributed by atoms with Crippen molar-refractivity contribution in [1.82, 2.24) is 4.90 Å². The van der Waals surface area contributed by atoms with Gasteiger partial charge in [-0.3, -0.25) is 4.79 Å². The molecule has 2 aromatic rings. The first kappa shape index (κ1) is 16.7. The molecule has 0 spiro atoms. The monoisotopic (exact) mass is 311 g/mol. The second-order valence-corrected chi connectivity index (χ2v) is 5.53. The fraction of sp³-hybridized carbons (Fsp3) is 0.263. The third-order valence-electron chi connectivity index (χ3n) is 3.89. The lowest BCUT2D eigenvalue weighted by Gasteiger charge is -2.25. The smallest absolute Gasteiger partial charge is 0.326 e. The van der Waals surface area contributed by atoms with Crippen LogP contribution in [0.1, 0.15) is 17.5 Å². The molecule has 2 rings (SSSR count). The summed E-state index contributed by atoms with van der Waals surface area (Å²) in [4.78, 5) is 25.2. The van der Waals surface area contributed by atoms with E-state index in [2.05, 4.69) is 0 Å². The Balaban J connectivity index is 1.98. The SMILES string of the molecule is CN(C(=O)CCc1ccccc1)[C@@H](Cc1ccccc1)C(=O)O. The number of carboxylic acids is 1. The van der Waals surface area contributed by atoms with E-state index in [4.69, 9.17) is 0 Å². The van der Waals surface area contributed by atoms with Crippen LogP contribution in [0.3, 0.4) is 0 Å². The van der Waals surface area contributed by atoms with Gasteiger partial charge in [0.15, 0.2) is 0 Å². The van der Waals surface area contributed by atoms with Crippen molar-refractivity contribution >= 4 is 11.9 Å². The van der Waals surface area contributed by atoms with E-state index in [1.54, 1.807) is 7.05 Å². The molecule has 0 unspecified atom stereocenters. The maximum Gasteiger partial charge on any atom is 0.326 e. The number of amides is 1. The van der Waals surface area contributed by atoms with Crippen LogP contribution in [0.15, 0.2) is 60.7 Å². The number of aliphatic carboxylic acids is 1. The molecule has 0 fully saturated rings. The van der Waals surface area contributed by atoms with E-state index in [0.717, 1.165) is 11.1 Å². The number of nitrogens with zero attached hydrogens (tertiary/aromatic N) is 1. The summed E-state index contributed by atoms with van der Waals surface area (Å²) in [7, 11) is 1.56. The average Bonchev–Trinajstić information content (AvgIpc) is 2.58. The molecular formula is C19H21NO3. The molecule has 1 N–H and O–H groups in total. The highest BCUT2D eigenvalue weighted by Gasteiger charge is 2.26. The zero-order chi connectivity index (χ0) is 16.7. The first-order valence-electron chi connectivity index (χ1n) is 7.64. The Morgan fingerprint density at radius 2 is 1.48 bits per heavy atom. The van der Waals surface area contributed by atoms with Gasteiger partial charge in [-0.1, -0.05) is 60.7 Å². The minimum Gasteiger partial charge on any atom is -0.480 e. The van der Waals surface area contributed by atoms with E-state index in [-0.39, 0.29) is 5.91 Å². The Hall–Kier alpha value is -2.62. The van der Waals surface area contributed by atoms with Crippen molar-refractivity contribution < 1.29 is 14.7 Å². The van der Waals surface area contributed by atoms with E-state index >= 15 is 0 Å². The summed E-state index contributed by atoms with van der Waals surface area (Å²) in [6, 6.07) is 18.2. The number of likely N-dealkylation sites (N-methyl/N-ethyl adjacent to an activating group) is 1. The Morgan fingerprint density at radius 1 is 0.957 bits per heavy atom. The van der Waals surface area contributed by atoms with Crippen molar-refractivity contribution in [1.29, 1.82) is 0 Å². The molecular weight excluding hydrogens is 290 g/mol. The molecule has 0 saturated heterocycles. The number of hydrogen-bond donors (Lipinski definition) is 1. The molecule has 0 aromatic heterocycles. The van der Waals surface area contributed by atoms with E-state index in [9.17, 15) is 14.7 Å². The summed E-state index contributed by atoms with van der Waals surface area (Å²) in [5.41, 5.74) is 1.98. The van der Waals surface area contributed by atoms with Crippen molar-refractivity contribution in [2.45, 2.75) is 25.3 Å². The Labute approximate surface area is 136 Å². The second kappa shape index (κ2) is 8.13. The van der Waals surface area contributed by atoms with Crippen molar-refractivity contribution in [3.8, 4) is 0 Å². The predicted octanol–water partition coefficient (Wildman–Crippen LogP) is 2.77. The van der Waals surface area contributed by atoms with E-state index in [1.807, 2.05) is 60.7 Å². The largest absolute Gasteiger partial charge is 0.480 e. The van der Waals surface area contributed by atoms with Gasteiger partial charge in [0.2, 0.25) is 5.91 Å². The van der Waals surface area contributed by atoms with Crippen LogP contribution in [0.25, 0.3) is 0 Å². The molecule has 0 aliphatic carbocycles. The maximum atomic E-state index is 12.3. The minimum absolute atomic E-state index is 0.155. The molecule has 0 bridgehead atoms. The summed E-state index contributed by atoms with van der Waals surface area (Å²) < 4.78 is 0. The molecule has 2 aromatic carbocycles. The van der Waals surface area contributed by atoms with E-state index in [0.29, 0.717) is 19.3 Å². The number of carbonyl (C=O) groups is 2. The molecule has 0 saturated carbocycles. The lowest BCUT2D eigenvalue weighted by Crippen LogP contribution is -2.43. The molecule has 120 valence electrons. The molecule has 1 atom stereocenters. The summed E-state index contributed by atoms with van der Waals surface area (Å²) >= 11 is 0. The fourth-order valence-electron chi connectivity index (χ4n) is 2.47. The lowest BCUT2D eigenvalue weighted by atomic mass is 10.0. The molecule has 1 amide bonds. The number of aryl methyl sites for hydroxylation is 1. The average molecular weight is 311 g/mol. The first-order chi connectivity index (χ1) is 11.1.